The number of carbonyl (C=O) groups excluding carboxylic acids is 1. The van der Waals surface area contributed by atoms with E-state index in [-0.39, 0.29) is 24.6 Å². The number of furan rings is 1. The predicted octanol–water partition coefficient (Wildman–Crippen LogP) is 1.04. The Morgan fingerprint density at radius 3 is 2.50 bits per heavy atom. The number of nitro groups is 1. The molecule has 0 unspecified atom stereocenters. The van der Waals surface area contributed by atoms with Crippen molar-refractivity contribution in [1.29, 1.82) is 0 Å². The van der Waals surface area contributed by atoms with Gasteiger partial charge in [-0.3, -0.25) is 14.9 Å². The van der Waals surface area contributed by atoms with E-state index in [4.69, 9.17) is 4.42 Å². The first-order valence-corrected chi connectivity index (χ1v) is 8.56. The van der Waals surface area contributed by atoms with Crippen LogP contribution in [0.1, 0.15) is 16.1 Å². The summed E-state index contributed by atoms with van der Waals surface area (Å²) in [6.45, 7) is -0.00104. The van der Waals surface area contributed by atoms with E-state index < -0.39 is 26.7 Å². The first-order chi connectivity index (χ1) is 11.4. The fourth-order valence-corrected chi connectivity index (χ4v) is 2.70. The maximum atomic E-state index is 11.8. The molecular weight excluding hydrogens is 338 g/mol. The molecule has 24 heavy (non-hydrogen) atoms. The van der Waals surface area contributed by atoms with Crippen LogP contribution in [-0.2, 0) is 16.6 Å². The number of rotatable bonds is 8. The summed E-state index contributed by atoms with van der Waals surface area (Å²) in [5.74, 6) is -1.86. The molecule has 0 saturated heterocycles. The van der Waals surface area contributed by atoms with E-state index in [1.807, 2.05) is 6.07 Å². The summed E-state index contributed by atoms with van der Waals surface area (Å²) in [6.07, 6.45) is 0. The summed E-state index contributed by atoms with van der Waals surface area (Å²) in [7, 11) is -3.57. The molecule has 1 aromatic carbocycles. The Hall–Kier alpha value is -2.72. The van der Waals surface area contributed by atoms with Crippen LogP contribution in [-0.4, -0.2) is 31.5 Å². The highest BCUT2D eigenvalue weighted by Gasteiger charge is 2.18. The highest BCUT2D eigenvalue weighted by Crippen LogP contribution is 2.15. The number of benzene rings is 1. The lowest BCUT2D eigenvalue weighted by molar-refractivity contribution is -0.402. The van der Waals surface area contributed by atoms with Crippen molar-refractivity contribution in [2.75, 3.05) is 12.3 Å². The zero-order valence-electron chi connectivity index (χ0n) is 12.5. The molecule has 9 nitrogen and oxygen atoms in total. The van der Waals surface area contributed by atoms with E-state index in [0.29, 0.717) is 0 Å². The molecular formula is C14H15N3O6S. The van der Waals surface area contributed by atoms with Crippen LogP contribution in [0.3, 0.4) is 0 Å². The highest BCUT2D eigenvalue weighted by atomic mass is 32.2. The SMILES string of the molecule is O=C(NCCS(=O)(=O)NCc1ccccc1)c1ccc([N+](=O)[O-])o1. The summed E-state index contributed by atoms with van der Waals surface area (Å²) in [5.41, 5.74) is 0.813. The Kier molecular flexibility index (Phi) is 5.66. The van der Waals surface area contributed by atoms with Crippen LogP contribution >= 0.6 is 0 Å². The van der Waals surface area contributed by atoms with Gasteiger partial charge >= 0.3 is 5.88 Å². The number of nitrogens with one attached hydrogen (secondary N) is 2. The van der Waals surface area contributed by atoms with E-state index in [2.05, 4.69) is 10.0 Å². The minimum Gasteiger partial charge on any atom is -0.395 e. The van der Waals surface area contributed by atoms with Crippen molar-refractivity contribution in [2.24, 2.45) is 0 Å². The van der Waals surface area contributed by atoms with Gasteiger partial charge in [-0.2, -0.15) is 0 Å². The van der Waals surface area contributed by atoms with Crippen molar-refractivity contribution in [3.05, 3.63) is 63.9 Å². The van der Waals surface area contributed by atoms with Gasteiger partial charge in [-0.1, -0.05) is 30.3 Å². The fourth-order valence-electron chi connectivity index (χ4n) is 1.80. The molecule has 0 spiro atoms. The molecule has 0 saturated carbocycles. The lowest BCUT2D eigenvalue weighted by atomic mass is 10.2. The van der Waals surface area contributed by atoms with Crippen LogP contribution in [0.25, 0.3) is 0 Å². The van der Waals surface area contributed by atoms with E-state index in [1.54, 1.807) is 24.3 Å². The van der Waals surface area contributed by atoms with Crippen LogP contribution in [0, 0.1) is 10.1 Å². The number of nitrogens with zero attached hydrogens (tertiary/aromatic N) is 1. The smallest absolute Gasteiger partial charge is 0.395 e. The minimum absolute atomic E-state index is 0.154. The second-order valence-electron chi connectivity index (χ2n) is 4.78. The molecule has 10 heteroatoms. The molecule has 2 N–H and O–H groups in total. The topological polar surface area (TPSA) is 132 Å². The molecule has 0 fully saturated rings. The van der Waals surface area contributed by atoms with E-state index >= 15 is 0 Å². The molecule has 2 rings (SSSR count). The van der Waals surface area contributed by atoms with Crippen molar-refractivity contribution in [1.82, 2.24) is 10.0 Å². The molecule has 1 heterocycles. The second-order valence-corrected chi connectivity index (χ2v) is 6.70. The van der Waals surface area contributed by atoms with Crippen molar-refractivity contribution < 1.29 is 22.6 Å². The fraction of sp³-hybridized carbons (Fsp3) is 0.214. The highest BCUT2D eigenvalue weighted by molar-refractivity contribution is 7.89. The van der Waals surface area contributed by atoms with Crippen molar-refractivity contribution in [3.63, 3.8) is 0 Å². The van der Waals surface area contributed by atoms with Gasteiger partial charge in [0.25, 0.3) is 5.91 Å². The molecule has 0 bridgehead atoms. The van der Waals surface area contributed by atoms with Crippen molar-refractivity contribution in [3.8, 4) is 0 Å². The van der Waals surface area contributed by atoms with Crippen LogP contribution in [0.4, 0.5) is 5.88 Å². The molecule has 1 amide bonds. The molecule has 2 aromatic rings. The Morgan fingerprint density at radius 2 is 1.88 bits per heavy atom. The van der Waals surface area contributed by atoms with E-state index in [0.717, 1.165) is 17.7 Å². The molecule has 0 aliphatic rings. The quantitative estimate of drug-likeness (QED) is 0.538. The lowest BCUT2D eigenvalue weighted by Crippen LogP contribution is -2.34. The Bertz CT molecular complexity index is 816. The van der Waals surface area contributed by atoms with Crippen LogP contribution < -0.4 is 10.0 Å². The third kappa shape index (κ3) is 5.18. The van der Waals surface area contributed by atoms with Crippen molar-refractivity contribution in [2.45, 2.75) is 6.54 Å². The summed E-state index contributed by atoms with van der Waals surface area (Å²) in [4.78, 5) is 21.4. The normalized spacial score (nSPS) is 11.2. The largest absolute Gasteiger partial charge is 0.433 e. The van der Waals surface area contributed by atoms with Gasteiger partial charge in [0.05, 0.1) is 11.8 Å². The molecule has 1 aromatic heterocycles. The van der Waals surface area contributed by atoms with E-state index in [1.165, 1.54) is 0 Å². The first-order valence-electron chi connectivity index (χ1n) is 6.91. The van der Waals surface area contributed by atoms with Crippen LogP contribution in [0.15, 0.2) is 46.9 Å². The summed E-state index contributed by atoms with van der Waals surface area (Å²) >= 11 is 0. The molecule has 0 aliphatic carbocycles. The Labute approximate surface area is 137 Å². The molecule has 0 aliphatic heterocycles. The summed E-state index contributed by atoms with van der Waals surface area (Å²) in [5, 5.41) is 12.8. The standard InChI is InChI=1S/C14H15N3O6S/c18-14(12-6-7-13(23-12)17(19)20)15-8-9-24(21,22)16-10-11-4-2-1-3-5-11/h1-7,16H,8-10H2,(H,15,18). The number of hydrogen-bond acceptors (Lipinski definition) is 6. The summed E-state index contributed by atoms with van der Waals surface area (Å²) in [6, 6.07) is 11.2. The van der Waals surface area contributed by atoms with E-state index in [9.17, 15) is 23.3 Å². The van der Waals surface area contributed by atoms with Gasteiger partial charge in [-0.15, -0.1) is 0 Å². The monoisotopic (exact) mass is 353 g/mol. The number of carbonyl (C=O) groups is 1. The van der Waals surface area contributed by atoms with Gasteiger partial charge in [0.15, 0.2) is 5.76 Å². The summed E-state index contributed by atoms with van der Waals surface area (Å²) < 4.78 is 30.8. The number of sulfonamides is 1. The average Bonchev–Trinajstić information content (AvgIpc) is 3.04. The third-order valence-corrected chi connectivity index (χ3v) is 4.32. The maximum absolute atomic E-state index is 11.8. The zero-order chi connectivity index (χ0) is 17.6. The molecule has 128 valence electrons. The first kappa shape index (κ1) is 17.6. The molecule has 0 radical (unpaired) electrons. The van der Waals surface area contributed by atoms with Gasteiger partial charge in [0.1, 0.15) is 4.92 Å². The van der Waals surface area contributed by atoms with Crippen LogP contribution in [0.2, 0.25) is 0 Å². The van der Waals surface area contributed by atoms with Crippen LogP contribution in [0.5, 0.6) is 0 Å². The second kappa shape index (κ2) is 7.70. The zero-order valence-corrected chi connectivity index (χ0v) is 13.3. The lowest BCUT2D eigenvalue weighted by Gasteiger charge is -2.07. The van der Waals surface area contributed by atoms with Gasteiger partial charge in [0.2, 0.25) is 10.0 Å². The third-order valence-electron chi connectivity index (χ3n) is 2.99. The maximum Gasteiger partial charge on any atom is 0.433 e. The van der Waals surface area contributed by atoms with Gasteiger partial charge < -0.3 is 9.73 Å². The average molecular weight is 353 g/mol. The van der Waals surface area contributed by atoms with Gasteiger partial charge in [-0.25, -0.2) is 13.1 Å². The Balaban J connectivity index is 1.79. The van der Waals surface area contributed by atoms with Crippen molar-refractivity contribution >= 4 is 21.8 Å². The molecule has 0 atom stereocenters. The number of amides is 1. The number of hydrogen-bond donors (Lipinski definition) is 2. The minimum atomic E-state index is -3.57. The van der Waals surface area contributed by atoms with Gasteiger partial charge in [-0.05, 0) is 11.6 Å². The predicted molar refractivity (Wildman–Crippen MR) is 84.8 cm³/mol. The van der Waals surface area contributed by atoms with Gasteiger partial charge in [0, 0.05) is 13.1 Å². The Morgan fingerprint density at radius 1 is 1.17 bits per heavy atom.